The van der Waals surface area contributed by atoms with Gasteiger partial charge in [-0.15, -0.1) is 0 Å². The molecule has 2 amide bonds. The van der Waals surface area contributed by atoms with Crippen molar-refractivity contribution >= 4 is 17.4 Å². The van der Waals surface area contributed by atoms with Crippen LogP contribution in [0.1, 0.15) is 22.5 Å². The zero-order chi connectivity index (χ0) is 27.3. The van der Waals surface area contributed by atoms with Crippen LogP contribution in [0.4, 0.5) is 25.0 Å². The van der Waals surface area contributed by atoms with E-state index in [1.165, 1.54) is 19.1 Å². The van der Waals surface area contributed by atoms with E-state index in [1.54, 1.807) is 34.9 Å². The van der Waals surface area contributed by atoms with E-state index in [0.29, 0.717) is 16.9 Å². The largest absolute Gasteiger partial charge is 0.493 e. The number of rotatable bonds is 6. The third-order valence-electron chi connectivity index (χ3n) is 6.82. The average Bonchev–Trinajstić information content (AvgIpc) is 3.40. The lowest BCUT2D eigenvalue weighted by Crippen LogP contribution is -2.47. The number of nitrogens with zero attached hydrogens (tertiary/aromatic N) is 7. The van der Waals surface area contributed by atoms with E-state index in [1.807, 2.05) is 27.1 Å². The predicted molar refractivity (Wildman–Crippen MR) is 136 cm³/mol. The summed E-state index contributed by atoms with van der Waals surface area (Å²) >= 11 is 0. The van der Waals surface area contributed by atoms with Gasteiger partial charge in [0.15, 0.2) is 23.1 Å². The van der Waals surface area contributed by atoms with Crippen LogP contribution in [0.15, 0.2) is 30.7 Å². The predicted octanol–water partition coefficient (Wildman–Crippen LogP) is 4.27. The van der Waals surface area contributed by atoms with Crippen LogP contribution in [0.3, 0.4) is 0 Å². The zero-order valence-corrected chi connectivity index (χ0v) is 21.9. The first kappa shape index (κ1) is 25.2. The minimum atomic E-state index is -1.00. The highest BCUT2D eigenvalue weighted by Crippen LogP contribution is 2.42. The Labute approximate surface area is 218 Å². The molecule has 0 spiro atoms. The molecule has 0 fully saturated rings. The highest BCUT2D eigenvalue weighted by atomic mass is 19.1. The molecule has 4 heterocycles. The van der Waals surface area contributed by atoms with Crippen molar-refractivity contribution in [2.75, 3.05) is 24.0 Å². The molecule has 3 aromatic heterocycles. The number of ether oxygens (including phenoxy) is 2. The number of halogens is 2. The summed E-state index contributed by atoms with van der Waals surface area (Å²) in [6, 6.07) is 2.30. The van der Waals surface area contributed by atoms with Crippen molar-refractivity contribution in [3.8, 4) is 22.8 Å². The molecule has 4 aromatic rings. The van der Waals surface area contributed by atoms with Gasteiger partial charge in [0.05, 0.1) is 50.6 Å². The zero-order valence-electron chi connectivity index (χ0n) is 21.9. The molecule has 0 aliphatic carbocycles. The Bertz CT molecular complexity index is 1530. The summed E-state index contributed by atoms with van der Waals surface area (Å²) < 4.78 is 44.5. The normalized spacial score (nSPS) is 13.2. The highest BCUT2D eigenvalue weighted by molar-refractivity contribution is 6.06. The van der Waals surface area contributed by atoms with Crippen molar-refractivity contribution in [2.45, 2.75) is 26.9 Å². The molecule has 1 aromatic carbocycles. The van der Waals surface area contributed by atoms with Gasteiger partial charge >= 0.3 is 6.03 Å². The van der Waals surface area contributed by atoms with Gasteiger partial charge < -0.3 is 9.47 Å². The fourth-order valence-corrected chi connectivity index (χ4v) is 4.64. The summed E-state index contributed by atoms with van der Waals surface area (Å²) in [5.41, 5.74) is 4.50. The van der Waals surface area contributed by atoms with Crippen molar-refractivity contribution in [1.82, 2.24) is 24.5 Å². The molecule has 0 atom stereocenters. The number of urea groups is 1. The number of pyridine rings is 1. The van der Waals surface area contributed by atoms with Crippen LogP contribution in [0.5, 0.6) is 11.5 Å². The summed E-state index contributed by atoms with van der Waals surface area (Å²) in [5, 5.41) is 8.67. The number of hydrogen-bond donors (Lipinski definition) is 0. The van der Waals surface area contributed by atoms with Crippen LogP contribution in [-0.2, 0) is 27.2 Å². The maximum Gasteiger partial charge on any atom is 0.329 e. The monoisotopic (exact) mass is 523 g/mol. The van der Waals surface area contributed by atoms with E-state index < -0.39 is 23.4 Å². The molecule has 198 valence electrons. The average molecular weight is 524 g/mol. The van der Waals surface area contributed by atoms with Gasteiger partial charge in [0, 0.05) is 54.9 Å². The topological polar surface area (TPSA) is 90.5 Å². The highest BCUT2D eigenvalue weighted by Gasteiger charge is 2.37. The Morgan fingerprint density at radius 3 is 2.26 bits per heavy atom. The molecule has 0 saturated heterocycles. The second-order valence-electron chi connectivity index (χ2n) is 9.09. The minimum Gasteiger partial charge on any atom is -0.493 e. The lowest BCUT2D eigenvalue weighted by atomic mass is 10.1. The van der Waals surface area contributed by atoms with Crippen LogP contribution >= 0.6 is 0 Å². The third kappa shape index (κ3) is 4.01. The van der Waals surface area contributed by atoms with Gasteiger partial charge in [-0.2, -0.15) is 10.2 Å². The summed E-state index contributed by atoms with van der Waals surface area (Å²) in [6.45, 7) is 3.78. The number of benzene rings is 1. The number of anilines is 2. The molecule has 0 radical (unpaired) electrons. The third-order valence-corrected chi connectivity index (χ3v) is 6.82. The fourth-order valence-electron chi connectivity index (χ4n) is 4.64. The van der Waals surface area contributed by atoms with E-state index in [0.717, 1.165) is 33.5 Å². The van der Waals surface area contributed by atoms with E-state index in [2.05, 4.69) is 15.2 Å². The maximum absolute atomic E-state index is 15.5. The number of carbonyl (C=O) groups excluding carboxylic acids is 1. The Morgan fingerprint density at radius 1 is 1.03 bits per heavy atom. The van der Waals surface area contributed by atoms with E-state index in [9.17, 15) is 4.79 Å². The first-order chi connectivity index (χ1) is 18.1. The van der Waals surface area contributed by atoms with Gasteiger partial charge in [0.25, 0.3) is 0 Å². The standard InChI is InChI=1S/C26H27F2N7O3/c1-14-18(13-32(3)31-14)19-7-20-17(9-29-19)12-35(25-23(27)21(37-5)8-22(38-6)24(25)28)26(36)34(20)11-16-10-30-33(4)15(16)2/h7-10,13H,11-12H2,1-6H3. The van der Waals surface area contributed by atoms with Crippen molar-refractivity contribution in [3.63, 3.8) is 0 Å². The Kier molecular flexibility index (Phi) is 6.25. The smallest absolute Gasteiger partial charge is 0.329 e. The summed E-state index contributed by atoms with van der Waals surface area (Å²) in [7, 11) is 6.14. The molecular formula is C26H27F2N7O3. The molecule has 0 bridgehead atoms. The molecule has 0 saturated carbocycles. The number of fused-ring (bicyclic) bond motifs is 1. The second-order valence-corrected chi connectivity index (χ2v) is 9.09. The molecule has 0 unspecified atom stereocenters. The van der Waals surface area contributed by atoms with Crippen LogP contribution < -0.4 is 19.3 Å². The number of hydrogen-bond acceptors (Lipinski definition) is 6. The first-order valence-corrected chi connectivity index (χ1v) is 11.8. The van der Waals surface area contributed by atoms with Crippen LogP contribution in [0.2, 0.25) is 0 Å². The number of aryl methyl sites for hydroxylation is 3. The molecule has 1 aliphatic rings. The van der Waals surface area contributed by atoms with Gasteiger partial charge in [-0.05, 0) is 19.9 Å². The second kappa shape index (κ2) is 9.43. The van der Waals surface area contributed by atoms with E-state index >= 15 is 8.78 Å². The maximum atomic E-state index is 15.5. The number of methoxy groups -OCH3 is 2. The van der Waals surface area contributed by atoms with Crippen molar-refractivity contribution in [1.29, 1.82) is 0 Å². The van der Waals surface area contributed by atoms with Gasteiger partial charge in [-0.1, -0.05) is 0 Å². The van der Waals surface area contributed by atoms with E-state index in [-0.39, 0.29) is 24.6 Å². The van der Waals surface area contributed by atoms with Crippen LogP contribution in [0, 0.1) is 25.5 Å². The fraction of sp³-hybridized carbons (Fsp3) is 0.308. The minimum absolute atomic E-state index is 0.111. The number of aromatic nitrogens is 5. The molecule has 0 N–H and O–H groups in total. The van der Waals surface area contributed by atoms with Crippen LogP contribution in [-0.4, -0.2) is 44.8 Å². The summed E-state index contributed by atoms with van der Waals surface area (Å²) in [5.74, 6) is -2.50. The molecule has 12 heteroatoms. The Morgan fingerprint density at radius 2 is 1.71 bits per heavy atom. The number of carbonyl (C=O) groups is 1. The quantitative estimate of drug-likeness (QED) is 0.375. The SMILES string of the molecule is COc1cc(OC)c(F)c(N2Cc3cnc(-c4cn(C)nc4C)cc3N(Cc3cnn(C)c3C)C2=O)c1F. The van der Waals surface area contributed by atoms with Crippen molar-refractivity contribution in [3.05, 3.63) is 64.9 Å². The number of amides is 2. The lowest BCUT2D eigenvalue weighted by molar-refractivity contribution is 0.249. The molecule has 38 heavy (non-hydrogen) atoms. The molecular weight excluding hydrogens is 496 g/mol. The van der Waals surface area contributed by atoms with Gasteiger partial charge in [-0.25, -0.2) is 13.6 Å². The van der Waals surface area contributed by atoms with Gasteiger partial charge in [0.1, 0.15) is 5.69 Å². The first-order valence-electron chi connectivity index (χ1n) is 11.8. The van der Waals surface area contributed by atoms with Crippen molar-refractivity contribution in [2.24, 2.45) is 14.1 Å². The molecule has 5 rings (SSSR count). The van der Waals surface area contributed by atoms with E-state index in [4.69, 9.17) is 9.47 Å². The lowest BCUT2D eigenvalue weighted by Gasteiger charge is -2.37. The molecule has 10 nitrogen and oxygen atoms in total. The summed E-state index contributed by atoms with van der Waals surface area (Å²) in [4.78, 5) is 21.1. The Balaban J connectivity index is 1.68. The van der Waals surface area contributed by atoms with Gasteiger partial charge in [-0.3, -0.25) is 24.1 Å². The Hall–Kier alpha value is -4.48. The van der Waals surface area contributed by atoms with Crippen molar-refractivity contribution < 1.29 is 23.0 Å². The summed E-state index contributed by atoms with van der Waals surface area (Å²) in [6.07, 6.45) is 5.14. The van der Waals surface area contributed by atoms with Crippen LogP contribution in [0.25, 0.3) is 11.3 Å². The van der Waals surface area contributed by atoms with Gasteiger partial charge in [0.2, 0.25) is 0 Å². The molecule has 1 aliphatic heterocycles.